The molecule has 1 atom stereocenters. The molecule has 1 aliphatic heterocycles. The summed E-state index contributed by atoms with van der Waals surface area (Å²) < 4.78 is 4.77. The first-order valence-electron chi connectivity index (χ1n) is 6.91. The Hall–Kier alpha value is -3.07. The van der Waals surface area contributed by atoms with E-state index < -0.39 is 17.9 Å². The summed E-state index contributed by atoms with van der Waals surface area (Å²) in [5.74, 6) is -2.74. The highest BCUT2D eigenvalue weighted by Gasteiger charge is 2.38. The van der Waals surface area contributed by atoms with Crippen LogP contribution in [0.1, 0.15) is 24.0 Å². The first kappa shape index (κ1) is 16.3. The van der Waals surface area contributed by atoms with Crippen molar-refractivity contribution in [1.82, 2.24) is 5.32 Å². The number of carbonyl (C=O) groups excluding carboxylic acids is 1. The molecule has 6 nitrogen and oxygen atoms in total. The highest BCUT2D eigenvalue weighted by Crippen LogP contribution is 2.39. The zero-order valence-corrected chi connectivity index (χ0v) is 13.0. The van der Waals surface area contributed by atoms with E-state index in [4.69, 9.17) is 4.74 Å². The van der Waals surface area contributed by atoms with E-state index in [-0.39, 0.29) is 16.8 Å². The van der Waals surface area contributed by atoms with Gasteiger partial charge in [0.2, 0.25) is 0 Å². The number of allylic oxidation sites excluding steroid dienone is 2. The zero-order valence-electron chi connectivity index (χ0n) is 13.0. The number of ether oxygens (including phenoxy) is 1. The summed E-state index contributed by atoms with van der Waals surface area (Å²) >= 11 is 0. The van der Waals surface area contributed by atoms with Crippen molar-refractivity contribution in [2.45, 2.75) is 19.8 Å². The summed E-state index contributed by atoms with van der Waals surface area (Å²) in [4.78, 5) is 24.0. The second kappa shape index (κ2) is 6.36. The molecule has 0 bridgehead atoms. The normalized spacial score (nSPS) is 17.4. The van der Waals surface area contributed by atoms with Crippen LogP contribution in [0.5, 0.6) is 0 Å². The Morgan fingerprint density at radius 2 is 1.91 bits per heavy atom. The molecule has 0 spiro atoms. The largest absolute Gasteiger partial charge is 0.478 e. The van der Waals surface area contributed by atoms with Crippen molar-refractivity contribution in [3.05, 3.63) is 57.9 Å². The molecule has 1 unspecified atom stereocenters. The minimum absolute atomic E-state index is 0.00676. The van der Waals surface area contributed by atoms with Gasteiger partial charge in [-0.25, -0.2) is 9.59 Å². The van der Waals surface area contributed by atoms with Gasteiger partial charge in [-0.05, 0) is 25.0 Å². The summed E-state index contributed by atoms with van der Waals surface area (Å²) in [5.41, 5.74) is 1.84. The lowest BCUT2D eigenvalue weighted by molar-refractivity contribution is -0.136. The Bertz CT molecular complexity index is 784. The number of nitrogens with one attached hydrogen (secondary N) is 1. The van der Waals surface area contributed by atoms with E-state index in [0.29, 0.717) is 11.3 Å². The summed E-state index contributed by atoms with van der Waals surface area (Å²) in [6, 6.07) is 9.08. The number of benzene rings is 1. The van der Waals surface area contributed by atoms with E-state index in [1.54, 1.807) is 19.1 Å². The van der Waals surface area contributed by atoms with Crippen molar-refractivity contribution in [1.29, 1.82) is 5.26 Å². The van der Waals surface area contributed by atoms with Gasteiger partial charge in [0.1, 0.15) is 11.8 Å². The second-order valence-corrected chi connectivity index (χ2v) is 5.15. The monoisotopic (exact) mass is 312 g/mol. The molecule has 6 heteroatoms. The summed E-state index contributed by atoms with van der Waals surface area (Å²) in [6.07, 6.45) is 0. The first-order chi connectivity index (χ1) is 10.9. The lowest BCUT2D eigenvalue weighted by Gasteiger charge is -2.29. The van der Waals surface area contributed by atoms with Gasteiger partial charge in [-0.1, -0.05) is 24.3 Å². The molecule has 2 rings (SSSR count). The Kier molecular flexibility index (Phi) is 4.51. The molecular formula is C17H16N2O4. The number of dihydropyridines is 1. The molecule has 1 aromatic rings. The average molecular weight is 312 g/mol. The van der Waals surface area contributed by atoms with E-state index in [0.717, 1.165) is 5.56 Å². The number of carboxylic acid groups (broad SMARTS) is 1. The van der Waals surface area contributed by atoms with Gasteiger partial charge in [0.05, 0.1) is 24.2 Å². The third-order valence-electron chi connectivity index (χ3n) is 3.81. The van der Waals surface area contributed by atoms with Crippen molar-refractivity contribution in [3.8, 4) is 6.07 Å². The molecule has 0 aromatic heterocycles. The molecule has 2 N–H and O–H groups in total. The number of rotatable bonds is 3. The Balaban J connectivity index is 2.80. The summed E-state index contributed by atoms with van der Waals surface area (Å²) in [5, 5.41) is 21.6. The number of hydrogen-bond acceptors (Lipinski definition) is 5. The van der Waals surface area contributed by atoms with Gasteiger partial charge in [0.25, 0.3) is 0 Å². The number of nitrogens with zero attached hydrogens (tertiary/aromatic N) is 1. The molecule has 1 aromatic carbocycles. The Morgan fingerprint density at radius 3 is 2.43 bits per heavy atom. The molecule has 1 aliphatic rings. The highest BCUT2D eigenvalue weighted by molar-refractivity contribution is 5.99. The number of hydrogen-bond donors (Lipinski definition) is 2. The van der Waals surface area contributed by atoms with Gasteiger partial charge in [0, 0.05) is 5.70 Å². The molecule has 0 saturated heterocycles. The van der Waals surface area contributed by atoms with E-state index >= 15 is 0 Å². The molecular weight excluding hydrogens is 296 g/mol. The number of aryl methyl sites for hydroxylation is 1. The fourth-order valence-electron chi connectivity index (χ4n) is 2.75. The predicted molar refractivity (Wildman–Crippen MR) is 82.0 cm³/mol. The van der Waals surface area contributed by atoms with Crippen molar-refractivity contribution in [2.75, 3.05) is 7.11 Å². The third kappa shape index (κ3) is 2.81. The maximum absolute atomic E-state index is 12.2. The molecule has 118 valence electrons. The minimum Gasteiger partial charge on any atom is -0.478 e. The number of methoxy groups -OCH3 is 1. The molecule has 23 heavy (non-hydrogen) atoms. The zero-order chi connectivity index (χ0) is 17.1. The summed E-state index contributed by atoms with van der Waals surface area (Å²) in [7, 11) is 1.20. The van der Waals surface area contributed by atoms with Crippen LogP contribution in [0.25, 0.3) is 0 Å². The van der Waals surface area contributed by atoms with Crippen LogP contribution < -0.4 is 5.32 Å². The van der Waals surface area contributed by atoms with E-state index in [2.05, 4.69) is 5.32 Å². The van der Waals surface area contributed by atoms with Gasteiger partial charge in [0.15, 0.2) is 0 Å². The predicted octanol–water partition coefficient (Wildman–Crippen LogP) is 1.99. The maximum Gasteiger partial charge on any atom is 0.337 e. The van der Waals surface area contributed by atoms with Crippen molar-refractivity contribution in [3.63, 3.8) is 0 Å². The summed E-state index contributed by atoms with van der Waals surface area (Å²) in [6.45, 7) is 3.40. The van der Waals surface area contributed by atoms with Crippen molar-refractivity contribution >= 4 is 11.9 Å². The SMILES string of the molecule is COC(=O)C1=C(C#N)NC(C)=C(C(=O)O)C1c1ccccc1C. The molecule has 1 heterocycles. The maximum atomic E-state index is 12.2. The van der Waals surface area contributed by atoms with Gasteiger partial charge in [-0.3, -0.25) is 0 Å². The van der Waals surface area contributed by atoms with Crippen molar-refractivity contribution < 1.29 is 19.4 Å². The Morgan fingerprint density at radius 1 is 1.26 bits per heavy atom. The minimum atomic E-state index is -1.15. The van der Waals surface area contributed by atoms with Crippen LogP contribution in [0.3, 0.4) is 0 Å². The van der Waals surface area contributed by atoms with E-state index in [1.165, 1.54) is 7.11 Å². The quantitative estimate of drug-likeness (QED) is 0.828. The fourth-order valence-corrected chi connectivity index (χ4v) is 2.75. The number of carbonyl (C=O) groups is 2. The second-order valence-electron chi connectivity index (χ2n) is 5.15. The first-order valence-corrected chi connectivity index (χ1v) is 6.91. The van der Waals surface area contributed by atoms with Crippen LogP contribution in [0.2, 0.25) is 0 Å². The molecule has 0 radical (unpaired) electrons. The lowest BCUT2D eigenvalue weighted by atomic mass is 9.79. The van der Waals surface area contributed by atoms with Crippen LogP contribution >= 0.6 is 0 Å². The highest BCUT2D eigenvalue weighted by atomic mass is 16.5. The van der Waals surface area contributed by atoms with E-state index in [1.807, 2.05) is 25.1 Å². The topological polar surface area (TPSA) is 99.4 Å². The number of aliphatic carboxylic acids is 1. The third-order valence-corrected chi connectivity index (χ3v) is 3.81. The molecule has 0 saturated carbocycles. The van der Waals surface area contributed by atoms with Gasteiger partial charge >= 0.3 is 11.9 Å². The lowest BCUT2D eigenvalue weighted by Crippen LogP contribution is -2.32. The van der Waals surface area contributed by atoms with Crippen LogP contribution in [-0.2, 0) is 14.3 Å². The standard InChI is InChI=1S/C17H16N2O4/c1-9-6-4-5-7-11(9)14-13(16(20)21)10(2)19-12(8-18)15(14)17(22)23-3/h4-7,14,19H,1-3H3,(H,20,21). The van der Waals surface area contributed by atoms with Gasteiger partial charge < -0.3 is 15.2 Å². The van der Waals surface area contributed by atoms with Crippen LogP contribution in [-0.4, -0.2) is 24.2 Å². The number of esters is 1. The number of nitriles is 1. The van der Waals surface area contributed by atoms with Crippen LogP contribution in [0, 0.1) is 18.3 Å². The molecule has 0 amide bonds. The van der Waals surface area contributed by atoms with Gasteiger partial charge in [-0.2, -0.15) is 5.26 Å². The molecule has 0 fully saturated rings. The number of carboxylic acids is 1. The van der Waals surface area contributed by atoms with Crippen LogP contribution in [0.15, 0.2) is 46.8 Å². The Labute approximate surface area is 133 Å². The molecule has 0 aliphatic carbocycles. The van der Waals surface area contributed by atoms with E-state index in [9.17, 15) is 20.0 Å². The van der Waals surface area contributed by atoms with Crippen molar-refractivity contribution in [2.24, 2.45) is 0 Å². The van der Waals surface area contributed by atoms with Crippen LogP contribution in [0.4, 0.5) is 0 Å². The fraction of sp³-hybridized carbons (Fsp3) is 0.235. The smallest absolute Gasteiger partial charge is 0.337 e. The average Bonchev–Trinajstić information content (AvgIpc) is 2.53. The van der Waals surface area contributed by atoms with Gasteiger partial charge in [-0.15, -0.1) is 0 Å².